The first-order valence-corrected chi connectivity index (χ1v) is 5.00. The average molecular weight is 201 g/mol. The van der Waals surface area contributed by atoms with Crippen LogP contribution in [0.3, 0.4) is 0 Å². The van der Waals surface area contributed by atoms with E-state index in [9.17, 15) is 4.39 Å². The zero-order valence-electron chi connectivity index (χ0n) is 7.16. The molecule has 2 nitrogen and oxygen atoms in total. The molecule has 0 aliphatic rings. The van der Waals surface area contributed by atoms with Crippen molar-refractivity contribution in [3.8, 4) is 0 Å². The van der Waals surface area contributed by atoms with Gasteiger partial charge in [-0.05, 0) is 17.7 Å². The van der Waals surface area contributed by atoms with Gasteiger partial charge in [-0.25, -0.2) is 5.48 Å². The van der Waals surface area contributed by atoms with E-state index in [4.69, 9.17) is 5.21 Å². The molecule has 0 fully saturated rings. The molecule has 0 aliphatic heterocycles. The first-order valence-electron chi connectivity index (χ1n) is 4.01. The Morgan fingerprint density at radius 3 is 3.00 bits per heavy atom. The summed E-state index contributed by atoms with van der Waals surface area (Å²) in [5.74, 6) is 0.482. The second kappa shape index (κ2) is 5.96. The molecule has 13 heavy (non-hydrogen) atoms. The standard InChI is InChI=1S/C9H12FNOS/c10-4-5-13-9-3-1-2-8(6-9)7-11-12/h1-3,6,11-12H,4-5,7H2. The third-order valence-corrected chi connectivity index (χ3v) is 2.47. The van der Waals surface area contributed by atoms with E-state index in [1.54, 1.807) is 0 Å². The molecule has 1 aromatic rings. The minimum Gasteiger partial charge on any atom is -0.316 e. The highest BCUT2D eigenvalue weighted by Gasteiger charge is 1.95. The molecule has 0 atom stereocenters. The van der Waals surface area contributed by atoms with Crippen LogP contribution in [-0.2, 0) is 6.54 Å². The zero-order chi connectivity index (χ0) is 9.52. The van der Waals surface area contributed by atoms with Crippen molar-refractivity contribution < 1.29 is 9.60 Å². The van der Waals surface area contributed by atoms with Crippen molar-refractivity contribution in [1.82, 2.24) is 5.48 Å². The van der Waals surface area contributed by atoms with Crippen molar-refractivity contribution in [2.45, 2.75) is 11.4 Å². The van der Waals surface area contributed by atoms with Gasteiger partial charge in [0.15, 0.2) is 0 Å². The number of hydroxylamine groups is 1. The van der Waals surface area contributed by atoms with Gasteiger partial charge in [-0.3, -0.25) is 4.39 Å². The van der Waals surface area contributed by atoms with E-state index in [1.807, 2.05) is 24.3 Å². The van der Waals surface area contributed by atoms with Gasteiger partial charge >= 0.3 is 0 Å². The molecule has 0 bridgehead atoms. The fourth-order valence-corrected chi connectivity index (χ4v) is 1.72. The first-order chi connectivity index (χ1) is 6.36. The van der Waals surface area contributed by atoms with E-state index in [2.05, 4.69) is 5.48 Å². The van der Waals surface area contributed by atoms with Crippen molar-refractivity contribution in [2.24, 2.45) is 0 Å². The van der Waals surface area contributed by atoms with Crippen LogP contribution in [0, 0.1) is 0 Å². The van der Waals surface area contributed by atoms with Gasteiger partial charge in [0.05, 0.1) is 6.67 Å². The summed E-state index contributed by atoms with van der Waals surface area (Å²) in [6.07, 6.45) is 0. The minimum absolute atomic E-state index is 0.312. The van der Waals surface area contributed by atoms with Crippen LogP contribution in [0.25, 0.3) is 0 Å². The summed E-state index contributed by atoms with van der Waals surface area (Å²) in [6.45, 7) is 0.108. The number of thioether (sulfide) groups is 1. The molecule has 72 valence electrons. The molecule has 0 radical (unpaired) electrons. The van der Waals surface area contributed by atoms with E-state index in [-0.39, 0.29) is 6.67 Å². The molecule has 0 saturated carbocycles. The highest BCUT2D eigenvalue weighted by molar-refractivity contribution is 7.99. The Bertz CT molecular complexity index is 257. The maximum Gasteiger partial charge on any atom is 0.0988 e. The molecule has 0 spiro atoms. The normalized spacial score (nSPS) is 10.3. The van der Waals surface area contributed by atoms with Crippen molar-refractivity contribution in [1.29, 1.82) is 0 Å². The molecule has 2 N–H and O–H groups in total. The highest BCUT2D eigenvalue weighted by atomic mass is 32.2. The summed E-state index contributed by atoms with van der Waals surface area (Å²) in [5, 5.41) is 8.47. The molecular weight excluding hydrogens is 189 g/mol. The van der Waals surface area contributed by atoms with Gasteiger partial charge in [0, 0.05) is 17.2 Å². The number of hydrogen-bond donors (Lipinski definition) is 2. The van der Waals surface area contributed by atoms with Gasteiger partial charge < -0.3 is 5.21 Å². The smallest absolute Gasteiger partial charge is 0.0988 e. The van der Waals surface area contributed by atoms with Crippen molar-refractivity contribution in [3.05, 3.63) is 29.8 Å². The zero-order valence-corrected chi connectivity index (χ0v) is 7.98. The molecule has 1 aromatic carbocycles. The minimum atomic E-state index is -0.312. The summed E-state index contributed by atoms with van der Waals surface area (Å²) >= 11 is 1.48. The summed E-state index contributed by atoms with van der Waals surface area (Å²) in [6, 6.07) is 7.67. The Labute approximate surface area is 81.1 Å². The molecular formula is C9H12FNOS. The molecule has 0 unspecified atom stereocenters. The maximum absolute atomic E-state index is 11.9. The van der Waals surface area contributed by atoms with Crippen LogP contribution >= 0.6 is 11.8 Å². The Morgan fingerprint density at radius 1 is 1.46 bits per heavy atom. The molecule has 1 rings (SSSR count). The van der Waals surface area contributed by atoms with Crippen molar-refractivity contribution in [3.63, 3.8) is 0 Å². The summed E-state index contributed by atoms with van der Waals surface area (Å²) in [4.78, 5) is 1.03. The fraction of sp³-hybridized carbons (Fsp3) is 0.333. The first kappa shape index (κ1) is 10.5. The van der Waals surface area contributed by atoms with Crippen LogP contribution in [0.2, 0.25) is 0 Å². The molecule has 0 amide bonds. The second-order valence-electron chi connectivity index (χ2n) is 2.52. The Hall–Kier alpha value is -0.580. The Kier molecular flexibility index (Phi) is 4.82. The van der Waals surface area contributed by atoms with E-state index in [0.717, 1.165) is 10.5 Å². The van der Waals surface area contributed by atoms with Crippen LogP contribution in [0.5, 0.6) is 0 Å². The molecule has 0 aliphatic carbocycles. The Morgan fingerprint density at radius 2 is 2.31 bits per heavy atom. The lowest BCUT2D eigenvalue weighted by Gasteiger charge is -2.02. The van der Waals surface area contributed by atoms with Crippen molar-refractivity contribution in [2.75, 3.05) is 12.4 Å². The largest absolute Gasteiger partial charge is 0.316 e. The SMILES string of the molecule is ONCc1cccc(SCCF)c1. The van der Waals surface area contributed by atoms with Crippen LogP contribution in [0.1, 0.15) is 5.56 Å². The fourth-order valence-electron chi connectivity index (χ4n) is 0.993. The number of alkyl halides is 1. The number of halogens is 1. The topological polar surface area (TPSA) is 32.3 Å². The van der Waals surface area contributed by atoms with Crippen LogP contribution in [-0.4, -0.2) is 17.6 Å². The monoisotopic (exact) mass is 201 g/mol. The van der Waals surface area contributed by atoms with Crippen LogP contribution in [0.15, 0.2) is 29.2 Å². The molecule has 0 saturated heterocycles. The predicted molar refractivity (Wildman–Crippen MR) is 51.8 cm³/mol. The Balaban J connectivity index is 2.56. The molecule has 0 aromatic heterocycles. The van der Waals surface area contributed by atoms with Gasteiger partial charge in [0.1, 0.15) is 0 Å². The van der Waals surface area contributed by atoms with Gasteiger partial charge in [-0.1, -0.05) is 12.1 Å². The van der Waals surface area contributed by atoms with Gasteiger partial charge in [0.2, 0.25) is 0 Å². The van der Waals surface area contributed by atoms with E-state index < -0.39 is 0 Å². The number of hydrogen-bond acceptors (Lipinski definition) is 3. The molecule has 0 heterocycles. The average Bonchev–Trinajstić information content (AvgIpc) is 2.16. The van der Waals surface area contributed by atoms with E-state index >= 15 is 0 Å². The lowest BCUT2D eigenvalue weighted by molar-refractivity contribution is 0.161. The van der Waals surface area contributed by atoms with Gasteiger partial charge in [0.25, 0.3) is 0 Å². The summed E-state index contributed by atoms with van der Waals surface area (Å²) < 4.78 is 11.9. The van der Waals surface area contributed by atoms with Crippen LogP contribution in [0.4, 0.5) is 4.39 Å². The van der Waals surface area contributed by atoms with E-state index in [0.29, 0.717) is 12.3 Å². The predicted octanol–water partition coefficient (Wildman–Crippen LogP) is 2.23. The number of rotatable bonds is 5. The van der Waals surface area contributed by atoms with Crippen molar-refractivity contribution >= 4 is 11.8 Å². The molecule has 4 heteroatoms. The van der Waals surface area contributed by atoms with Crippen LogP contribution < -0.4 is 5.48 Å². The summed E-state index contributed by atoms with van der Waals surface area (Å²) in [7, 11) is 0. The second-order valence-corrected chi connectivity index (χ2v) is 3.69. The lowest BCUT2D eigenvalue weighted by Crippen LogP contribution is -2.05. The quantitative estimate of drug-likeness (QED) is 0.566. The maximum atomic E-state index is 11.9. The van der Waals surface area contributed by atoms with Gasteiger partial charge in [-0.2, -0.15) is 0 Å². The third-order valence-electron chi connectivity index (χ3n) is 1.53. The highest BCUT2D eigenvalue weighted by Crippen LogP contribution is 2.18. The summed E-state index contributed by atoms with van der Waals surface area (Å²) in [5.41, 5.74) is 3.08. The lowest BCUT2D eigenvalue weighted by atomic mass is 10.2. The number of benzene rings is 1. The van der Waals surface area contributed by atoms with Gasteiger partial charge in [-0.15, -0.1) is 11.8 Å². The third kappa shape index (κ3) is 3.76. The van der Waals surface area contributed by atoms with E-state index in [1.165, 1.54) is 11.8 Å². The number of nitrogens with one attached hydrogen (secondary N) is 1.